The maximum absolute atomic E-state index is 13.3. The fourth-order valence-corrected chi connectivity index (χ4v) is 1.65. The van der Waals surface area contributed by atoms with Crippen molar-refractivity contribution in [2.45, 2.75) is 6.54 Å². The van der Waals surface area contributed by atoms with E-state index in [0.29, 0.717) is 11.4 Å². The maximum Gasteiger partial charge on any atom is 0.319 e. The number of nitrogens with one attached hydrogen (secondary N) is 2. The van der Waals surface area contributed by atoms with Gasteiger partial charge in [-0.15, -0.1) is 0 Å². The zero-order chi connectivity index (χ0) is 14.5. The third kappa shape index (κ3) is 3.68. The largest absolute Gasteiger partial charge is 0.399 e. The van der Waals surface area contributed by atoms with Crippen LogP contribution in [0.3, 0.4) is 0 Å². The molecule has 0 unspecified atom stereocenters. The van der Waals surface area contributed by atoms with Gasteiger partial charge in [-0.25, -0.2) is 13.6 Å². The summed E-state index contributed by atoms with van der Waals surface area (Å²) in [5, 5.41) is 4.98. The highest BCUT2D eigenvalue weighted by atomic mass is 19.1. The molecule has 4 N–H and O–H groups in total. The van der Waals surface area contributed by atoms with Gasteiger partial charge in [0.15, 0.2) is 0 Å². The fourth-order valence-electron chi connectivity index (χ4n) is 1.65. The number of rotatable bonds is 3. The van der Waals surface area contributed by atoms with Gasteiger partial charge in [0.2, 0.25) is 0 Å². The summed E-state index contributed by atoms with van der Waals surface area (Å²) in [7, 11) is 0. The summed E-state index contributed by atoms with van der Waals surface area (Å²) in [5.41, 5.74) is 6.68. The average Bonchev–Trinajstić information content (AvgIpc) is 2.40. The lowest BCUT2D eigenvalue weighted by atomic mass is 10.2. The summed E-state index contributed by atoms with van der Waals surface area (Å²) < 4.78 is 26.3. The number of nitrogens with two attached hydrogens (primary N) is 1. The van der Waals surface area contributed by atoms with Crippen molar-refractivity contribution >= 4 is 17.4 Å². The molecule has 2 rings (SSSR count). The van der Waals surface area contributed by atoms with Gasteiger partial charge in [0.25, 0.3) is 0 Å². The number of nitrogen functional groups attached to an aromatic ring is 1. The third-order valence-corrected chi connectivity index (χ3v) is 2.59. The van der Waals surface area contributed by atoms with Gasteiger partial charge in [-0.3, -0.25) is 0 Å². The van der Waals surface area contributed by atoms with Gasteiger partial charge in [0.1, 0.15) is 11.6 Å². The number of hydrogen-bond donors (Lipinski definition) is 3. The van der Waals surface area contributed by atoms with E-state index in [9.17, 15) is 13.6 Å². The summed E-state index contributed by atoms with van der Waals surface area (Å²) in [4.78, 5) is 11.6. The summed E-state index contributed by atoms with van der Waals surface area (Å²) >= 11 is 0. The van der Waals surface area contributed by atoms with Crippen molar-refractivity contribution in [3.63, 3.8) is 0 Å². The molecular formula is C14H13F2N3O. The Hall–Kier alpha value is -2.63. The molecule has 20 heavy (non-hydrogen) atoms. The molecule has 4 nitrogen and oxygen atoms in total. The van der Waals surface area contributed by atoms with Crippen molar-refractivity contribution < 1.29 is 13.6 Å². The number of anilines is 2. The molecule has 2 aromatic carbocycles. The van der Waals surface area contributed by atoms with Crippen LogP contribution in [-0.4, -0.2) is 6.03 Å². The van der Waals surface area contributed by atoms with Crippen molar-refractivity contribution in [1.29, 1.82) is 0 Å². The van der Waals surface area contributed by atoms with Crippen LogP contribution in [0.2, 0.25) is 0 Å². The number of hydrogen-bond acceptors (Lipinski definition) is 2. The lowest BCUT2D eigenvalue weighted by molar-refractivity contribution is 0.251. The minimum atomic E-state index is -0.573. The van der Waals surface area contributed by atoms with Crippen molar-refractivity contribution in [3.05, 3.63) is 59.7 Å². The third-order valence-electron chi connectivity index (χ3n) is 2.59. The molecule has 0 fully saturated rings. The highest BCUT2D eigenvalue weighted by molar-refractivity contribution is 5.89. The van der Waals surface area contributed by atoms with Crippen molar-refractivity contribution in [2.75, 3.05) is 11.1 Å². The smallest absolute Gasteiger partial charge is 0.319 e. The van der Waals surface area contributed by atoms with E-state index in [1.54, 1.807) is 24.3 Å². The van der Waals surface area contributed by atoms with Crippen LogP contribution in [0.5, 0.6) is 0 Å². The predicted molar refractivity (Wildman–Crippen MR) is 73.1 cm³/mol. The molecule has 104 valence electrons. The summed E-state index contributed by atoms with van der Waals surface area (Å²) in [6.45, 7) is -0.113. The van der Waals surface area contributed by atoms with Crippen LogP contribution in [0.1, 0.15) is 5.56 Å². The Bertz CT molecular complexity index is 632. The molecule has 0 aliphatic heterocycles. The van der Waals surface area contributed by atoms with Crippen molar-refractivity contribution in [1.82, 2.24) is 5.32 Å². The van der Waals surface area contributed by atoms with Crippen LogP contribution in [0.25, 0.3) is 0 Å². The van der Waals surface area contributed by atoms with Gasteiger partial charge in [-0.2, -0.15) is 0 Å². The van der Waals surface area contributed by atoms with Gasteiger partial charge in [-0.1, -0.05) is 6.07 Å². The number of carbonyl (C=O) groups is 1. The molecule has 2 amide bonds. The second-order valence-corrected chi connectivity index (χ2v) is 4.17. The molecule has 0 aromatic heterocycles. The lowest BCUT2D eigenvalue weighted by Crippen LogP contribution is -2.28. The average molecular weight is 277 g/mol. The van der Waals surface area contributed by atoms with Gasteiger partial charge < -0.3 is 16.4 Å². The summed E-state index contributed by atoms with van der Waals surface area (Å²) in [6.07, 6.45) is 0. The van der Waals surface area contributed by atoms with Gasteiger partial charge >= 0.3 is 6.03 Å². The second-order valence-electron chi connectivity index (χ2n) is 4.17. The number of urea groups is 1. The van der Waals surface area contributed by atoms with Crippen LogP contribution in [0.4, 0.5) is 25.0 Å². The molecule has 0 saturated carbocycles. The first-order valence-corrected chi connectivity index (χ1v) is 5.89. The Morgan fingerprint density at radius 1 is 1.15 bits per heavy atom. The molecule has 0 spiro atoms. The van der Waals surface area contributed by atoms with Gasteiger partial charge in [0.05, 0.1) is 0 Å². The molecule has 0 aliphatic carbocycles. The number of benzene rings is 2. The standard InChI is InChI=1S/C14H13F2N3O/c15-10-4-5-13(16)9(6-10)8-18-14(20)19-12-3-1-2-11(17)7-12/h1-7H,8,17H2,(H2,18,19,20). The summed E-state index contributed by atoms with van der Waals surface area (Å²) in [6, 6.07) is 9.17. The fraction of sp³-hybridized carbons (Fsp3) is 0.0714. The van der Waals surface area contributed by atoms with E-state index in [4.69, 9.17) is 5.73 Å². The lowest BCUT2D eigenvalue weighted by Gasteiger charge is -2.09. The summed E-state index contributed by atoms with van der Waals surface area (Å²) in [5.74, 6) is -1.13. The highest BCUT2D eigenvalue weighted by Gasteiger charge is 2.06. The first-order valence-electron chi connectivity index (χ1n) is 5.89. The van der Waals surface area contributed by atoms with E-state index in [1.807, 2.05) is 0 Å². The molecule has 0 saturated heterocycles. The Balaban J connectivity index is 1.94. The predicted octanol–water partition coefficient (Wildman–Crippen LogP) is 2.87. The van der Waals surface area contributed by atoms with Crippen molar-refractivity contribution in [2.24, 2.45) is 0 Å². The Kier molecular flexibility index (Phi) is 4.14. The minimum Gasteiger partial charge on any atom is -0.399 e. The van der Waals surface area contributed by atoms with E-state index in [1.165, 1.54) is 0 Å². The first-order chi connectivity index (χ1) is 9.54. The van der Waals surface area contributed by atoms with Crippen LogP contribution in [-0.2, 0) is 6.54 Å². The monoisotopic (exact) mass is 277 g/mol. The van der Waals surface area contributed by atoms with Crippen LogP contribution >= 0.6 is 0 Å². The van der Waals surface area contributed by atoms with E-state index in [2.05, 4.69) is 10.6 Å². The first kappa shape index (κ1) is 13.8. The van der Waals surface area contributed by atoms with Crippen molar-refractivity contribution in [3.8, 4) is 0 Å². The quantitative estimate of drug-likeness (QED) is 0.755. The molecule has 2 aromatic rings. The number of halogens is 2. The van der Waals surface area contributed by atoms with Gasteiger partial charge in [0, 0.05) is 23.5 Å². The molecular weight excluding hydrogens is 264 g/mol. The van der Waals surface area contributed by atoms with Gasteiger partial charge in [-0.05, 0) is 36.4 Å². The topological polar surface area (TPSA) is 67.1 Å². The number of amides is 2. The Morgan fingerprint density at radius 3 is 2.70 bits per heavy atom. The van der Waals surface area contributed by atoms with Crippen LogP contribution in [0, 0.1) is 11.6 Å². The minimum absolute atomic E-state index is 0.0766. The number of carbonyl (C=O) groups excluding carboxylic acids is 1. The molecule has 0 aliphatic rings. The Morgan fingerprint density at radius 2 is 1.95 bits per heavy atom. The Labute approximate surface area is 114 Å². The molecule has 0 radical (unpaired) electrons. The van der Waals surface area contributed by atoms with Crippen LogP contribution < -0.4 is 16.4 Å². The molecule has 0 atom stereocenters. The zero-order valence-corrected chi connectivity index (χ0v) is 10.5. The molecule has 0 bridgehead atoms. The zero-order valence-electron chi connectivity index (χ0n) is 10.5. The SMILES string of the molecule is Nc1cccc(NC(=O)NCc2cc(F)ccc2F)c1. The highest BCUT2D eigenvalue weighted by Crippen LogP contribution is 2.12. The van der Waals surface area contributed by atoms with E-state index in [0.717, 1.165) is 18.2 Å². The molecule has 0 heterocycles. The van der Waals surface area contributed by atoms with E-state index < -0.39 is 17.7 Å². The maximum atomic E-state index is 13.3. The van der Waals surface area contributed by atoms with E-state index >= 15 is 0 Å². The second kappa shape index (κ2) is 6.01. The van der Waals surface area contributed by atoms with Crippen LogP contribution in [0.15, 0.2) is 42.5 Å². The normalized spacial score (nSPS) is 10.1. The molecule has 6 heteroatoms. The van der Waals surface area contributed by atoms with E-state index in [-0.39, 0.29) is 12.1 Å².